The van der Waals surface area contributed by atoms with Crippen molar-refractivity contribution in [3.63, 3.8) is 0 Å². The third kappa shape index (κ3) is 3.65. The molecular formula is C18H22N4O3. The maximum atomic E-state index is 12.4. The second-order valence-electron chi connectivity index (χ2n) is 6.43. The van der Waals surface area contributed by atoms with Crippen molar-refractivity contribution in [3.8, 4) is 0 Å². The predicted molar refractivity (Wildman–Crippen MR) is 93.6 cm³/mol. The Morgan fingerprint density at radius 1 is 1.32 bits per heavy atom. The molecule has 2 aliphatic rings. The fourth-order valence-electron chi connectivity index (χ4n) is 2.76. The van der Waals surface area contributed by atoms with Gasteiger partial charge in [0.05, 0.1) is 0 Å². The van der Waals surface area contributed by atoms with E-state index in [0.717, 1.165) is 11.1 Å². The number of aliphatic imine (C=N–C) groups is 1. The number of amides is 3. The minimum Gasteiger partial charge on any atom is -0.431 e. The lowest BCUT2D eigenvalue weighted by Gasteiger charge is -2.22. The lowest BCUT2D eigenvalue weighted by Crippen LogP contribution is -2.40. The molecule has 7 heteroatoms. The van der Waals surface area contributed by atoms with Crippen LogP contribution in [0.15, 0.2) is 41.2 Å². The number of nitrogens with zero attached hydrogens (tertiary/aromatic N) is 3. The van der Waals surface area contributed by atoms with Crippen LogP contribution < -0.4 is 5.32 Å². The Morgan fingerprint density at radius 3 is 2.80 bits per heavy atom. The number of carbonyl (C=O) groups is 2. The lowest BCUT2D eigenvalue weighted by molar-refractivity contribution is -0.119. The Hall–Kier alpha value is -2.83. The van der Waals surface area contributed by atoms with E-state index in [2.05, 4.69) is 10.3 Å². The molecule has 7 nitrogen and oxygen atoms in total. The molecule has 0 radical (unpaired) electrons. The maximum absolute atomic E-state index is 12.4. The Labute approximate surface area is 147 Å². The third-order valence-electron chi connectivity index (χ3n) is 4.13. The minimum atomic E-state index is -0.361. The van der Waals surface area contributed by atoms with Gasteiger partial charge in [0.1, 0.15) is 12.0 Å². The van der Waals surface area contributed by atoms with E-state index in [1.165, 1.54) is 6.26 Å². The van der Waals surface area contributed by atoms with E-state index in [0.29, 0.717) is 25.3 Å². The van der Waals surface area contributed by atoms with E-state index in [1.54, 1.807) is 9.80 Å². The summed E-state index contributed by atoms with van der Waals surface area (Å²) in [6, 6.07) is 7.75. The van der Waals surface area contributed by atoms with Crippen molar-refractivity contribution in [2.24, 2.45) is 4.99 Å². The minimum absolute atomic E-state index is 0.0144. The number of aryl methyl sites for hydroxylation is 1. The highest BCUT2D eigenvalue weighted by Gasteiger charge is 2.33. The molecule has 1 aromatic rings. The number of urea groups is 1. The molecule has 0 aliphatic carbocycles. The molecule has 132 valence electrons. The SMILES string of the molecule is Cc1ccccc1CN1CCN2C(C(=O)NC(C)C)=COC2=NC1=O. The van der Waals surface area contributed by atoms with Gasteiger partial charge in [-0.1, -0.05) is 24.3 Å². The molecule has 2 heterocycles. The summed E-state index contributed by atoms with van der Waals surface area (Å²) in [5.41, 5.74) is 2.58. The zero-order chi connectivity index (χ0) is 18.0. The van der Waals surface area contributed by atoms with Crippen molar-refractivity contribution in [2.75, 3.05) is 13.1 Å². The fraction of sp³-hybridized carbons (Fsp3) is 0.389. The van der Waals surface area contributed by atoms with E-state index in [9.17, 15) is 9.59 Å². The van der Waals surface area contributed by atoms with Crippen LogP contribution in [0.25, 0.3) is 0 Å². The molecule has 0 saturated heterocycles. The molecule has 0 bridgehead atoms. The molecule has 0 saturated carbocycles. The molecule has 0 spiro atoms. The summed E-state index contributed by atoms with van der Waals surface area (Å²) in [7, 11) is 0. The van der Waals surface area contributed by atoms with Crippen LogP contribution in [0, 0.1) is 6.92 Å². The number of fused-ring (bicyclic) bond motifs is 1. The number of ether oxygens (including phenoxy) is 1. The molecule has 0 atom stereocenters. The largest absolute Gasteiger partial charge is 0.431 e. The van der Waals surface area contributed by atoms with Crippen LogP contribution in [0.3, 0.4) is 0 Å². The zero-order valence-corrected chi connectivity index (χ0v) is 14.7. The van der Waals surface area contributed by atoms with Gasteiger partial charge >= 0.3 is 12.1 Å². The highest BCUT2D eigenvalue weighted by Crippen LogP contribution is 2.20. The van der Waals surface area contributed by atoms with E-state index in [4.69, 9.17) is 4.74 Å². The summed E-state index contributed by atoms with van der Waals surface area (Å²) >= 11 is 0. The molecule has 0 fully saturated rings. The number of nitrogens with one attached hydrogen (secondary N) is 1. The van der Waals surface area contributed by atoms with Gasteiger partial charge in [-0.3, -0.25) is 9.69 Å². The van der Waals surface area contributed by atoms with Gasteiger partial charge in [0, 0.05) is 25.7 Å². The number of rotatable bonds is 4. The van der Waals surface area contributed by atoms with E-state index < -0.39 is 0 Å². The van der Waals surface area contributed by atoms with Crippen LogP contribution in [0.5, 0.6) is 0 Å². The molecule has 3 rings (SSSR count). The molecule has 0 aromatic heterocycles. The van der Waals surface area contributed by atoms with Crippen molar-refractivity contribution < 1.29 is 14.3 Å². The summed E-state index contributed by atoms with van der Waals surface area (Å²) in [6.07, 6.45) is 1.35. The highest BCUT2D eigenvalue weighted by atomic mass is 16.5. The quantitative estimate of drug-likeness (QED) is 0.908. The number of amidine groups is 1. The molecule has 3 amide bonds. The van der Waals surface area contributed by atoms with Crippen LogP contribution in [0.4, 0.5) is 4.79 Å². The maximum Gasteiger partial charge on any atom is 0.348 e. The smallest absolute Gasteiger partial charge is 0.348 e. The van der Waals surface area contributed by atoms with Crippen molar-refractivity contribution in [1.29, 1.82) is 0 Å². The number of benzene rings is 1. The predicted octanol–water partition coefficient (Wildman–Crippen LogP) is 1.98. The topological polar surface area (TPSA) is 74.2 Å². The first-order valence-corrected chi connectivity index (χ1v) is 8.33. The second-order valence-corrected chi connectivity index (χ2v) is 6.43. The molecule has 2 aliphatic heterocycles. The summed E-state index contributed by atoms with van der Waals surface area (Å²) in [4.78, 5) is 32.0. The number of hydrogen-bond donors (Lipinski definition) is 1. The van der Waals surface area contributed by atoms with E-state index in [-0.39, 0.29) is 24.0 Å². The first kappa shape index (κ1) is 17.0. The summed E-state index contributed by atoms with van der Waals surface area (Å²) in [5.74, 6) is -0.236. The van der Waals surface area contributed by atoms with Gasteiger partial charge in [0.15, 0.2) is 0 Å². The Balaban J connectivity index is 1.73. The van der Waals surface area contributed by atoms with Gasteiger partial charge in [0.25, 0.3) is 5.91 Å². The van der Waals surface area contributed by atoms with Crippen molar-refractivity contribution in [1.82, 2.24) is 15.1 Å². The monoisotopic (exact) mass is 342 g/mol. The average Bonchev–Trinajstić information content (AvgIpc) is 2.88. The second kappa shape index (κ2) is 6.96. The Morgan fingerprint density at radius 2 is 2.08 bits per heavy atom. The molecule has 25 heavy (non-hydrogen) atoms. The van der Waals surface area contributed by atoms with Gasteiger partial charge in [-0.15, -0.1) is 4.99 Å². The van der Waals surface area contributed by atoms with E-state index >= 15 is 0 Å². The van der Waals surface area contributed by atoms with Crippen molar-refractivity contribution in [3.05, 3.63) is 47.4 Å². The Bertz CT molecular complexity index is 754. The number of carbonyl (C=O) groups excluding carboxylic acids is 2. The molecule has 1 aromatic carbocycles. The zero-order valence-electron chi connectivity index (χ0n) is 14.7. The van der Waals surface area contributed by atoms with Gasteiger partial charge in [-0.05, 0) is 31.9 Å². The summed E-state index contributed by atoms with van der Waals surface area (Å²) in [6.45, 7) is 7.18. The first-order valence-electron chi connectivity index (χ1n) is 8.33. The normalized spacial score (nSPS) is 16.9. The van der Waals surface area contributed by atoms with Crippen molar-refractivity contribution >= 4 is 18.0 Å². The van der Waals surface area contributed by atoms with Crippen molar-refractivity contribution in [2.45, 2.75) is 33.4 Å². The van der Waals surface area contributed by atoms with Crippen LogP contribution in [0.1, 0.15) is 25.0 Å². The van der Waals surface area contributed by atoms with Gasteiger partial charge in [-0.2, -0.15) is 0 Å². The molecule has 1 N–H and O–H groups in total. The molecule has 0 unspecified atom stereocenters. The first-order chi connectivity index (χ1) is 12.0. The molecular weight excluding hydrogens is 320 g/mol. The summed E-state index contributed by atoms with van der Waals surface area (Å²) in [5, 5.41) is 2.83. The number of hydrogen-bond acceptors (Lipinski definition) is 4. The average molecular weight is 342 g/mol. The van der Waals surface area contributed by atoms with Crippen LogP contribution in [-0.2, 0) is 16.1 Å². The highest BCUT2D eigenvalue weighted by molar-refractivity contribution is 6.01. The Kier molecular flexibility index (Phi) is 4.74. The van der Waals surface area contributed by atoms with E-state index in [1.807, 2.05) is 45.0 Å². The third-order valence-corrected chi connectivity index (χ3v) is 4.13. The van der Waals surface area contributed by atoms with Crippen LogP contribution in [-0.4, -0.2) is 46.9 Å². The van der Waals surface area contributed by atoms with Gasteiger partial charge in [0.2, 0.25) is 0 Å². The fourth-order valence-corrected chi connectivity index (χ4v) is 2.76. The van der Waals surface area contributed by atoms with Crippen LogP contribution in [0.2, 0.25) is 0 Å². The van der Waals surface area contributed by atoms with Gasteiger partial charge < -0.3 is 15.0 Å². The van der Waals surface area contributed by atoms with Gasteiger partial charge in [-0.25, -0.2) is 4.79 Å². The standard InChI is InChI=1S/C18H22N4O3/c1-12(2)19-16(23)15-11-25-18-20-17(24)21(8-9-22(15)18)10-14-7-5-4-6-13(14)3/h4-7,11-12H,8-10H2,1-3H3,(H,19,23). The lowest BCUT2D eigenvalue weighted by atomic mass is 10.1. The summed E-state index contributed by atoms with van der Waals surface area (Å²) < 4.78 is 5.35. The van der Waals surface area contributed by atoms with Crippen LogP contribution >= 0.6 is 0 Å².